The molecular formula is C30H25N3O3. The summed E-state index contributed by atoms with van der Waals surface area (Å²) >= 11 is 0. The number of hydrogen-bond acceptors (Lipinski definition) is 4. The predicted molar refractivity (Wildman–Crippen MR) is 142 cm³/mol. The summed E-state index contributed by atoms with van der Waals surface area (Å²) in [5.74, 6) is 2.43. The highest BCUT2D eigenvalue weighted by molar-refractivity contribution is 6.02. The van der Waals surface area contributed by atoms with Gasteiger partial charge >= 0.3 is 0 Å². The van der Waals surface area contributed by atoms with Crippen molar-refractivity contribution in [2.45, 2.75) is 12.5 Å². The van der Waals surface area contributed by atoms with Gasteiger partial charge in [0.15, 0.2) is 0 Å². The molecule has 6 nitrogen and oxygen atoms in total. The zero-order chi connectivity index (χ0) is 25.2. The normalized spacial score (nSPS) is 11.5. The molecule has 0 aromatic heterocycles. The SMILES string of the molecule is C#CCOc1ccc2ccccc2c1/C=N\NC(=O)C[C@@H](NC(=O)c1ccccc1)c1ccccc1. The van der Waals surface area contributed by atoms with Crippen LogP contribution in [-0.4, -0.2) is 24.6 Å². The van der Waals surface area contributed by atoms with Gasteiger partial charge in [0, 0.05) is 11.1 Å². The Bertz CT molecular complexity index is 1410. The summed E-state index contributed by atoms with van der Waals surface area (Å²) in [4.78, 5) is 25.6. The minimum absolute atomic E-state index is 0.00984. The second-order valence-corrected chi connectivity index (χ2v) is 7.99. The van der Waals surface area contributed by atoms with E-state index in [4.69, 9.17) is 11.2 Å². The molecular weight excluding hydrogens is 450 g/mol. The Hall–Kier alpha value is -4.89. The van der Waals surface area contributed by atoms with Gasteiger partial charge in [-0.15, -0.1) is 6.42 Å². The molecule has 2 N–H and O–H groups in total. The number of benzene rings is 4. The highest BCUT2D eigenvalue weighted by Crippen LogP contribution is 2.26. The van der Waals surface area contributed by atoms with Crippen molar-refractivity contribution in [1.29, 1.82) is 0 Å². The van der Waals surface area contributed by atoms with Crippen LogP contribution < -0.4 is 15.5 Å². The Morgan fingerprint density at radius 1 is 0.917 bits per heavy atom. The number of carbonyl (C=O) groups is 2. The van der Waals surface area contributed by atoms with E-state index in [1.807, 2.05) is 72.8 Å². The van der Waals surface area contributed by atoms with Gasteiger partial charge in [0.1, 0.15) is 12.4 Å². The predicted octanol–water partition coefficient (Wildman–Crippen LogP) is 4.86. The molecule has 0 bridgehead atoms. The van der Waals surface area contributed by atoms with E-state index in [0.29, 0.717) is 16.9 Å². The van der Waals surface area contributed by atoms with E-state index in [2.05, 4.69) is 21.8 Å². The van der Waals surface area contributed by atoms with E-state index in [0.717, 1.165) is 16.3 Å². The van der Waals surface area contributed by atoms with Gasteiger partial charge < -0.3 is 10.1 Å². The molecule has 6 heteroatoms. The molecule has 2 amide bonds. The van der Waals surface area contributed by atoms with Crippen molar-refractivity contribution < 1.29 is 14.3 Å². The summed E-state index contributed by atoms with van der Waals surface area (Å²) in [6, 6.07) is 29.3. The monoisotopic (exact) mass is 475 g/mol. The number of hydrazone groups is 1. The van der Waals surface area contributed by atoms with Gasteiger partial charge in [0.2, 0.25) is 5.91 Å². The lowest BCUT2D eigenvalue weighted by atomic mass is 10.0. The summed E-state index contributed by atoms with van der Waals surface area (Å²) in [5, 5.41) is 9.05. The van der Waals surface area contributed by atoms with Crippen molar-refractivity contribution in [3.63, 3.8) is 0 Å². The molecule has 36 heavy (non-hydrogen) atoms. The molecule has 0 heterocycles. The number of terminal acetylenes is 1. The second kappa shape index (κ2) is 12.0. The van der Waals surface area contributed by atoms with Crippen LogP contribution in [0, 0.1) is 12.3 Å². The second-order valence-electron chi connectivity index (χ2n) is 7.99. The first-order valence-electron chi connectivity index (χ1n) is 11.5. The molecule has 4 rings (SSSR count). The van der Waals surface area contributed by atoms with E-state index in [1.54, 1.807) is 30.5 Å². The molecule has 4 aromatic rings. The molecule has 178 valence electrons. The van der Waals surface area contributed by atoms with Crippen LogP contribution in [0.15, 0.2) is 102 Å². The largest absolute Gasteiger partial charge is 0.480 e. The van der Waals surface area contributed by atoms with Crippen LogP contribution in [-0.2, 0) is 4.79 Å². The van der Waals surface area contributed by atoms with Gasteiger partial charge in [0.05, 0.1) is 18.7 Å². The Labute approximate surface area is 210 Å². The Morgan fingerprint density at radius 2 is 1.61 bits per heavy atom. The lowest BCUT2D eigenvalue weighted by molar-refractivity contribution is -0.121. The summed E-state index contributed by atoms with van der Waals surface area (Å²) in [6.07, 6.45) is 6.91. The highest BCUT2D eigenvalue weighted by Gasteiger charge is 2.19. The molecule has 0 spiro atoms. The number of rotatable bonds is 9. The number of nitrogens with zero attached hydrogens (tertiary/aromatic N) is 1. The molecule has 1 atom stereocenters. The van der Waals surface area contributed by atoms with Crippen LogP contribution in [0.2, 0.25) is 0 Å². The number of amides is 2. The van der Waals surface area contributed by atoms with Crippen LogP contribution in [0.25, 0.3) is 10.8 Å². The maximum atomic E-state index is 12.8. The third-order valence-electron chi connectivity index (χ3n) is 5.56. The molecule has 0 unspecified atom stereocenters. The average molecular weight is 476 g/mol. The Balaban J connectivity index is 1.50. The number of carbonyl (C=O) groups excluding carboxylic acids is 2. The smallest absolute Gasteiger partial charge is 0.251 e. The van der Waals surface area contributed by atoms with Crippen molar-refractivity contribution in [2.75, 3.05) is 6.61 Å². The zero-order valence-corrected chi connectivity index (χ0v) is 19.6. The van der Waals surface area contributed by atoms with Gasteiger partial charge in [-0.3, -0.25) is 9.59 Å². The van der Waals surface area contributed by atoms with Crippen LogP contribution >= 0.6 is 0 Å². The third kappa shape index (κ3) is 6.16. The molecule has 0 radical (unpaired) electrons. The summed E-state index contributed by atoms with van der Waals surface area (Å²) in [6.45, 7) is 0.116. The van der Waals surface area contributed by atoms with Gasteiger partial charge in [0.25, 0.3) is 5.91 Å². The number of hydrogen-bond donors (Lipinski definition) is 2. The van der Waals surface area contributed by atoms with Crippen LogP contribution in [0.3, 0.4) is 0 Å². The van der Waals surface area contributed by atoms with Gasteiger partial charge in [-0.05, 0) is 34.5 Å². The van der Waals surface area contributed by atoms with E-state index in [1.165, 1.54) is 0 Å². The standard InChI is InChI=1S/C30H25N3O3/c1-2-19-36-28-18-17-22-11-9-10-16-25(22)26(28)21-31-33-29(34)20-27(23-12-5-3-6-13-23)32-30(35)24-14-7-4-8-15-24/h1,3-18,21,27H,19-20H2,(H,32,35)(H,33,34)/b31-21-/t27-/m1/s1. The lowest BCUT2D eigenvalue weighted by Crippen LogP contribution is -2.32. The number of fused-ring (bicyclic) bond motifs is 1. The molecule has 4 aromatic carbocycles. The molecule has 0 saturated heterocycles. The lowest BCUT2D eigenvalue weighted by Gasteiger charge is -2.18. The molecule has 0 aliphatic rings. The van der Waals surface area contributed by atoms with E-state index in [-0.39, 0.29) is 24.8 Å². The van der Waals surface area contributed by atoms with Crippen LogP contribution in [0.1, 0.15) is 33.9 Å². The first-order valence-corrected chi connectivity index (χ1v) is 11.5. The van der Waals surface area contributed by atoms with E-state index < -0.39 is 6.04 Å². The molecule has 0 fully saturated rings. The first-order chi connectivity index (χ1) is 17.7. The van der Waals surface area contributed by atoms with Crippen LogP contribution in [0.4, 0.5) is 0 Å². The minimum atomic E-state index is -0.527. The summed E-state index contributed by atoms with van der Waals surface area (Å²) < 4.78 is 5.67. The fraction of sp³-hybridized carbons (Fsp3) is 0.100. The maximum absolute atomic E-state index is 12.8. The third-order valence-corrected chi connectivity index (χ3v) is 5.56. The molecule has 0 aliphatic carbocycles. The van der Waals surface area contributed by atoms with Crippen molar-refractivity contribution in [3.05, 3.63) is 114 Å². The topological polar surface area (TPSA) is 79.8 Å². The van der Waals surface area contributed by atoms with Gasteiger partial charge in [-0.1, -0.05) is 84.8 Å². The zero-order valence-electron chi connectivity index (χ0n) is 19.6. The van der Waals surface area contributed by atoms with E-state index >= 15 is 0 Å². The number of ether oxygens (including phenoxy) is 1. The van der Waals surface area contributed by atoms with Crippen molar-refractivity contribution in [3.8, 4) is 18.1 Å². The number of nitrogens with one attached hydrogen (secondary N) is 2. The van der Waals surface area contributed by atoms with Crippen molar-refractivity contribution >= 4 is 28.8 Å². The summed E-state index contributed by atoms with van der Waals surface area (Å²) in [7, 11) is 0. The quantitative estimate of drug-likeness (QED) is 0.206. The molecule has 0 saturated carbocycles. The van der Waals surface area contributed by atoms with Gasteiger partial charge in [-0.2, -0.15) is 5.10 Å². The first kappa shape index (κ1) is 24.2. The fourth-order valence-electron chi connectivity index (χ4n) is 3.82. The van der Waals surface area contributed by atoms with E-state index in [9.17, 15) is 9.59 Å². The van der Waals surface area contributed by atoms with Crippen molar-refractivity contribution in [1.82, 2.24) is 10.7 Å². The van der Waals surface area contributed by atoms with Gasteiger partial charge in [-0.25, -0.2) is 5.43 Å². The Morgan fingerprint density at radius 3 is 2.36 bits per heavy atom. The Kier molecular flexibility index (Phi) is 8.08. The average Bonchev–Trinajstić information content (AvgIpc) is 2.93. The maximum Gasteiger partial charge on any atom is 0.251 e. The summed E-state index contributed by atoms with van der Waals surface area (Å²) in [5.41, 5.74) is 4.62. The molecule has 0 aliphatic heterocycles. The minimum Gasteiger partial charge on any atom is -0.480 e. The van der Waals surface area contributed by atoms with Crippen LogP contribution in [0.5, 0.6) is 5.75 Å². The van der Waals surface area contributed by atoms with Crippen molar-refractivity contribution in [2.24, 2.45) is 5.10 Å². The fourth-order valence-corrected chi connectivity index (χ4v) is 3.82. The highest BCUT2D eigenvalue weighted by atomic mass is 16.5.